The Morgan fingerprint density at radius 1 is 0.733 bits per heavy atom. The van der Waals surface area contributed by atoms with Gasteiger partial charge in [0.15, 0.2) is 11.5 Å². The van der Waals surface area contributed by atoms with E-state index in [0.29, 0.717) is 11.5 Å². The average Bonchev–Trinajstić information content (AvgIpc) is 2.25. The lowest BCUT2D eigenvalue weighted by atomic mass is 10.1. The second-order valence-corrected chi connectivity index (χ2v) is 3.96. The largest absolute Gasteiger partial charge is 0.492 e. The Morgan fingerprint density at radius 2 is 1.20 bits per heavy atom. The second kappa shape index (κ2) is 4.75. The van der Waals surface area contributed by atoms with Crippen molar-refractivity contribution in [2.75, 3.05) is 21.3 Å². The molecule has 4 heteroatoms. The zero-order valence-electron chi connectivity index (χ0n) is 9.60. The Bertz CT molecular complexity index is 344. The second-order valence-electron chi connectivity index (χ2n) is 3.16. The summed E-state index contributed by atoms with van der Waals surface area (Å²) in [5.74, 6) is 2.00. The van der Waals surface area contributed by atoms with E-state index in [4.69, 9.17) is 14.2 Å². The summed E-state index contributed by atoms with van der Waals surface area (Å²) in [6.45, 7) is 3.99. The number of ether oxygens (including phenoxy) is 3. The molecule has 0 saturated heterocycles. The standard InChI is InChI=1S/C11H15BrO3/c1-6-7(2)9(13-3)11(15-5)10(14-4)8(6)12/h1-5H3. The molecule has 0 aliphatic rings. The lowest BCUT2D eigenvalue weighted by Gasteiger charge is -2.18. The van der Waals surface area contributed by atoms with Crippen LogP contribution in [0, 0.1) is 13.8 Å². The molecule has 0 radical (unpaired) electrons. The first kappa shape index (κ1) is 12.2. The van der Waals surface area contributed by atoms with Crippen LogP contribution in [-0.4, -0.2) is 21.3 Å². The van der Waals surface area contributed by atoms with Crippen molar-refractivity contribution >= 4 is 15.9 Å². The molecular weight excluding hydrogens is 260 g/mol. The molecule has 0 unspecified atom stereocenters. The third-order valence-corrected chi connectivity index (χ3v) is 3.41. The van der Waals surface area contributed by atoms with E-state index in [1.807, 2.05) is 13.8 Å². The number of benzene rings is 1. The van der Waals surface area contributed by atoms with E-state index >= 15 is 0 Å². The summed E-state index contributed by atoms with van der Waals surface area (Å²) in [7, 11) is 4.83. The predicted octanol–water partition coefficient (Wildman–Crippen LogP) is 3.09. The Balaban J connectivity index is 3.59. The maximum atomic E-state index is 5.32. The summed E-state index contributed by atoms with van der Waals surface area (Å²) in [6, 6.07) is 0. The highest BCUT2D eigenvalue weighted by molar-refractivity contribution is 9.10. The molecule has 1 aromatic carbocycles. The molecule has 1 rings (SSSR count). The normalized spacial score (nSPS) is 10.0. The molecule has 0 atom stereocenters. The van der Waals surface area contributed by atoms with Crippen molar-refractivity contribution in [3.8, 4) is 17.2 Å². The Labute approximate surface area is 98.5 Å². The highest BCUT2D eigenvalue weighted by atomic mass is 79.9. The van der Waals surface area contributed by atoms with E-state index in [-0.39, 0.29) is 0 Å². The third kappa shape index (κ3) is 1.91. The van der Waals surface area contributed by atoms with E-state index in [1.165, 1.54) is 0 Å². The van der Waals surface area contributed by atoms with E-state index < -0.39 is 0 Å². The van der Waals surface area contributed by atoms with Gasteiger partial charge < -0.3 is 14.2 Å². The Hall–Kier alpha value is -0.900. The third-order valence-electron chi connectivity index (χ3n) is 2.46. The number of halogens is 1. The van der Waals surface area contributed by atoms with E-state index in [9.17, 15) is 0 Å². The smallest absolute Gasteiger partial charge is 0.204 e. The summed E-state index contributed by atoms with van der Waals surface area (Å²) in [5, 5.41) is 0. The molecule has 1 aromatic rings. The summed E-state index contributed by atoms with van der Waals surface area (Å²) in [6.07, 6.45) is 0. The highest BCUT2D eigenvalue weighted by Gasteiger charge is 2.20. The zero-order chi connectivity index (χ0) is 11.6. The summed E-state index contributed by atoms with van der Waals surface area (Å²) >= 11 is 3.49. The zero-order valence-corrected chi connectivity index (χ0v) is 11.2. The summed E-state index contributed by atoms with van der Waals surface area (Å²) in [5.41, 5.74) is 2.13. The van der Waals surface area contributed by atoms with Crippen molar-refractivity contribution in [1.29, 1.82) is 0 Å². The van der Waals surface area contributed by atoms with Crippen LogP contribution >= 0.6 is 15.9 Å². The molecular formula is C11H15BrO3. The topological polar surface area (TPSA) is 27.7 Å². The van der Waals surface area contributed by atoms with E-state index in [2.05, 4.69) is 15.9 Å². The fourth-order valence-electron chi connectivity index (χ4n) is 1.49. The van der Waals surface area contributed by atoms with Crippen LogP contribution in [0.3, 0.4) is 0 Å². The van der Waals surface area contributed by atoms with Crippen LogP contribution in [-0.2, 0) is 0 Å². The van der Waals surface area contributed by atoms with Gasteiger partial charge in [-0.15, -0.1) is 0 Å². The Kier molecular flexibility index (Phi) is 3.85. The molecule has 84 valence electrons. The molecule has 0 aliphatic carbocycles. The van der Waals surface area contributed by atoms with Gasteiger partial charge in [-0.25, -0.2) is 0 Å². The molecule has 0 saturated carbocycles. The number of hydrogen-bond acceptors (Lipinski definition) is 3. The van der Waals surface area contributed by atoms with Crippen molar-refractivity contribution in [3.63, 3.8) is 0 Å². The van der Waals surface area contributed by atoms with Gasteiger partial charge in [-0.3, -0.25) is 0 Å². The van der Waals surface area contributed by atoms with Gasteiger partial charge in [0.1, 0.15) is 0 Å². The van der Waals surface area contributed by atoms with Gasteiger partial charge in [-0.1, -0.05) is 0 Å². The Morgan fingerprint density at radius 3 is 1.60 bits per heavy atom. The maximum Gasteiger partial charge on any atom is 0.204 e. The minimum atomic E-state index is 0.620. The van der Waals surface area contributed by atoms with Crippen LogP contribution in [0.2, 0.25) is 0 Å². The van der Waals surface area contributed by atoms with Crippen molar-refractivity contribution in [2.24, 2.45) is 0 Å². The SMILES string of the molecule is COc1c(C)c(C)c(Br)c(OC)c1OC. The fraction of sp³-hybridized carbons (Fsp3) is 0.455. The number of methoxy groups -OCH3 is 3. The van der Waals surface area contributed by atoms with Crippen LogP contribution in [0.15, 0.2) is 4.47 Å². The monoisotopic (exact) mass is 274 g/mol. The predicted molar refractivity (Wildman–Crippen MR) is 63.3 cm³/mol. The fourth-order valence-corrected chi connectivity index (χ4v) is 2.13. The minimum absolute atomic E-state index is 0.620. The van der Waals surface area contributed by atoms with Gasteiger partial charge >= 0.3 is 0 Å². The van der Waals surface area contributed by atoms with Crippen LogP contribution < -0.4 is 14.2 Å². The van der Waals surface area contributed by atoms with Gasteiger partial charge in [0, 0.05) is 0 Å². The maximum absolute atomic E-state index is 5.32. The van der Waals surface area contributed by atoms with Crippen LogP contribution in [0.4, 0.5) is 0 Å². The molecule has 3 nitrogen and oxygen atoms in total. The van der Waals surface area contributed by atoms with Gasteiger partial charge in [0.2, 0.25) is 5.75 Å². The molecule has 15 heavy (non-hydrogen) atoms. The summed E-state index contributed by atoms with van der Waals surface area (Å²) in [4.78, 5) is 0. The van der Waals surface area contributed by atoms with Gasteiger partial charge in [0.05, 0.1) is 25.8 Å². The van der Waals surface area contributed by atoms with E-state index in [0.717, 1.165) is 21.3 Å². The summed E-state index contributed by atoms with van der Waals surface area (Å²) < 4.78 is 16.8. The molecule has 0 aromatic heterocycles. The number of hydrogen-bond donors (Lipinski definition) is 0. The first-order valence-electron chi connectivity index (χ1n) is 4.53. The molecule has 0 heterocycles. The van der Waals surface area contributed by atoms with Gasteiger partial charge in [0.25, 0.3) is 0 Å². The molecule has 0 N–H and O–H groups in total. The quantitative estimate of drug-likeness (QED) is 0.848. The molecule has 0 fully saturated rings. The van der Waals surface area contributed by atoms with Crippen LogP contribution in [0.5, 0.6) is 17.2 Å². The van der Waals surface area contributed by atoms with Crippen LogP contribution in [0.25, 0.3) is 0 Å². The van der Waals surface area contributed by atoms with Crippen molar-refractivity contribution in [2.45, 2.75) is 13.8 Å². The van der Waals surface area contributed by atoms with Crippen molar-refractivity contribution < 1.29 is 14.2 Å². The first-order valence-corrected chi connectivity index (χ1v) is 5.32. The molecule has 0 spiro atoms. The van der Waals surface area contributed by atoms with Crippen molar-refractivity contribution in [1.82, 2.24) is 0 Å². The van der Waals surface area contributed by atoms with E-state index in [1.54, 1.807) is 21.3 Å². The lowest BCUT2D eigenvalue weighted by molar-refractivity contribution is 0.321. The highest BCUT2D eigenvalue weighted by Crippen LogP contribution is 2.46. The molecule has 0 amide bonds. The van der Waals surface area contributed by atoms with Gasteiger partial charge in [-0.05, 0) is 40.9 Å². The van der Waals surface area contributed by atoms with Gasteiger partial charge in [-0.2, -0.15) is 0 Å². The number of rotatable bonds is 3. The molecule has 0 aliphatic heterocycles. The average molecular weight is 275 g/mol. The molecule has 0 bridgehead atoms. The lowest BCUT2D eigenvalue weighted by Crippen LogP contribution is -2.00. The van der Waals surface area contributed by atoms with Crippen LogP contribution in [0.1, 0.15) is 11.1 Å². The minimum Gasteiger partial charge on any atom is -0.492 e. The van der Waals surface area contributed by atoms with Crippen molar-refractivity contribution in [3.05, 3.63) is 15.6 Å². The first-order chi connectivity index (χ1) is 7.08.